The lowest BCUT2D eigenvalue weighted by Gasteiger charge is -2.22. The topological polar surface area (TPSA) is 59.6 Å². The summed E-state index contributed by atoms with van der Waals surface area (Å²) in [7, 11) is 0. The molecule has 0 bridgehead atoms. The van der Waals surface area contributed by atoms with E-state index in [2.05, 4.69) is 22.8 Å². The molecule has 1 aliphatic rings. The molecule has 1 aromatic carbocycles. The number of hydrogen-bond donors (Lipinski definition) is 2. The molecule has 1 saturated heterocycles. The van der Waals surface area contributed by atoms with Crippen molar-refractivity contribution in [2.24, 2.45) is 0 Å². The van der Waals surface area contributed by atoms with E-state index in [-0.39, 0.29) is 12.0 Å². The van der Waals surface area contributed by atoms with Crippen molar-refractivity contribution in [3.63, 3.8) is 0 Å². The number of carbonyl (C=O) groups is 1. The maximum absolute atomic E-state index is 11.8. The molecule has 1 aromatic rings. The monoisotopic (exact) mass is 292 g/mol. The van der Waals surface area contributed by atoms with Gasteiger partial charge < -0.3 is 20.1 Å². The zero-order valence-corrected chi connectivity index (χ0v) is 12.3. The molecule has 2 N–H and O–H groups in total. The highest BCUT2D eigenvalue weighted by Crippen LogP contribution is 2.01. The van der Waals surface area contributed by atoms with Crippen molar-refractivity contribution in [3.05, 3.63) is 35.9 Å². The van der Waals surface area contributed by atoms with E-state index in [1.54, 1.807) is 0 Å². The average Bonchev–Trinajstić information content (AvgIpc) is 2.55. The molecule has 1 aliphatic heterocycles. The van der Waals surface area contributed by atoms with Crippen LogP contribution in [0.2, 0.25) is 0 Å². The summed E-state index contributed by atoms with van der Waals surface area (Å²) in [6.45, 7) is 4.06. The van der Waals surface area contributed by atoms with Crippen LogP contribution in [0, 0.1) is 0 Å². The van der Waals surface area contributed by atoms with E-state index < -0.39 is 0 Å². The Morgan fingerprint density at radius 1 is 1.33 bits per heavy atom. The Balaban J connectivity index is 1.45. The Kier molecular flexibility index (Phi) is 7.21. The zero-order valence-electron chi connectivity index (χ0n) is 12.3. The summed E-state index contributed by atoms with van der Waals surface area (Å²) in [4.78, 5) is 11.8. The number of benzene rings is 1. The van der Waals surface area contributed by atoms with Gasteiger partial charge in [-0.25, -0.2) is 0 Å². The molecule has 0 aromatic heterocycles. The van der Waals surface area contributed by atoms with Crippen LogP contribution in [0.5, 0.6) is 0 Å². The zero-order chi connectivity index (χ0) is 14.8. The molecule has 5 heteroatoms. The first-order valence-corrected chi connectivity index (χ1v) is 7.58. The first-order chi connectivity index (χ1) is 10.4. The van der Waals surface area contributed by atoms with E-state index in [0.717, 1.165) is 19.4 Å². The molecule has 1 unspecified atom stereocenters. The van der Waals surface area contributed by atoms with Crippen LogP contribution in [0.25, 0.3) is 0 Å². The van der Waals surface area contributed by atoms with Crippen molar-refractivity contribution in [1.82, 2.24) is 10.6 Å². The number of carbonyl (C=O) groups excluding carboxylic acids is 1. The Bertz CT molecular complexity index is 405. The fourth-order valence-electron chi connectivity index (χ4n) is 2.15. The number of morpholine rings is 1. The van der Waals surface area contributed by atoms with Gasteiger partial charge in [-0.2, -0.15) is 0 Å². The van der Waals surface area contributed by atoms with Crippen molar-refractivity contribution in [2.45, 2.75) is 25.6 Å². The second-order valence-corrected chi connectivity index (χ2v) is 5.10. The summed E-state index contributed by atoms with van der Waals surface area (Å²) in [5.41, 5.74) is 1.19. The highest BCUT2D eigenvalue weighted by molar-refractivity contribution is 5.81. The molecule has 2 rings (SSSR count). The van der Waals surface area contributed by atoms with Crippen LogP contribution in [0.1, 0.15) is 18.4 Å². The standard InChI is InChI=1S/C16H24N2O3/c19-16(15-12-17-9-11-21-15)18-8-4-5-10-20-13-14-6-2-1-3-7-14/h1-3,6-7,15,17H,4-5,8-13H2,(H,18,19). The van der Waals surface area contributed by atoms with Crippen molar-refractivity contribution in [1.29, 1.82) is 0 Å². The van der Waals surface area contributed by atoms with Crippen molar-refractivity contribution < 1.29 is 14.3 Å². The number of ether oxygens (including phenoxy) is 2. The second kappa shape index (κ2) is 9.50. The van der Waals surface area contributed by atoms with Crippen LogP contribution in [0.15, 0.2) is 30.3 Å². The first-order valence-electron chi connectivity index (χ1n) is 7.58. The minimum atomic E-state index is -0.340. The van der Waals surface area contributed by atoms with Gasteiger partial charge in [-0.05, 0) is 18.4 Å². The molecule has 1 heterocycles. The maximum atomic E-state index is 11.8. The molecule has 1 fully saturated rings. The lowest BCUT2D eigenvalue weighted by atomic mass is 10.2. The molecule has 1 amide bonds. The third kappa shape index (κ3) is 6.25. The summed E-state index contributed by atoms with van der Waals surface area (Å²) in [5.74, 6) is -0.0209. The molecule has 1 atom stereocenters. The second-order valence-electron chi connectivity index (χ2n) is 5.10. The van der Waals surface area contributed by atoms with Crippen LogP contribution in [-0.4, -0.2) is 44.9 Å². The fourth-order valence-corrected chi connectivity index (χ4v) is 2.15. The van der Waals surface area contributed by atoms with E-state index in [4.69, 9.17) is 9.47 Å². The Morgan fingerprint density at radius 3 is 2.95 bits per heavy atom. The van der Waals surface area contributed by atoms with Crippen molar-refractivity contribution in [3.8, 4) is 0 Å². The SMILES string of the molecule is O=C(NCCCCOCc1ccccc1)C1CNCCO1. The summed E-state index contributed by atoms with van der Waals surface area (Å²) in [5, 5.41) is 6.05. The van der Waals surface area contributed by atoms with Crippen LogP contribution in [0.3, 0.4) is 0 Å². The first kappa shape index (κ1) is 15.9. The van der Waals surface area contributed by atoms with E-state index in [9.17, 15) is 4.79 Å². The predicted octanol–water partition coefficient (Wildman–Crippen LogP) is 1.09. The molecule has 0 radical (unpaired) electrons. The van der Waals surface area contributed by atoms with Gasteiger partial charge in [0.15, 0.2) is 0 Å². The highest BCUT2D eigenvalue weighted by Gasteiger charge is 2.20. The average molecular weight is 292 g/mol. The molecule has 5 nitrogen and oxygen atoms in total. The highest BCUT2D eigenvalue weighted by atomic mass is 16.5. The van der Waals surface area contributed by atoms with Gasteiger partial charge in [-0.3, -0.25) is 4.79 Å². The lowest BCUT2D eigenvalue weighted by molar-refractivity contribution is -0.134. The molecule has 0 spiro atoms. The van der Waals surface area contributed by atoms with Gasteiger partial charge in [0.2, 0.25) is 5.91 Å². The summed E-state index contributed by atoms with van der Waals surface area (Å²) in [6, 6.07) is 10.1. The van der Waals surface area contributed by atoms with Gasteiger partial charge in [0.1, 0.15) is 6.10 Å². The van der Waals surface area contributed by atoms with Crippen molar-refractivity contribution in [2.75, 3.05) is 32.8 Å². The third-order valence-corrected chi connectivity index (χ3v) is 3.35. The molecular formula is C16H24N2O3. The smallest absolute Gasteiger partial charge is 0.250 e. The Labute approximate surface area is 126 Å². The number of rotatable bonds is 8. The molecule has 21 heavy (non-hydrogen) atoms. The number of nitrogens with one attached hydrogen (secondary N) is 2. The minimum Gasteiger partial charge on any atom is -0.377 e. The van der Waals surface area contributed by atoms with E-state index in [0.29, 0.717) is 32.9 Å². The Morgan fingerprint density at radius 2 is 2.19 bits per heavy atom. The molecule has 0 saturated carbocycles. The van der Waals surface area contributed by atoms with Crippen LogP contribution < -0.4 is 10.6 Å². The molecule has 0 aliphatic carbocycles. The predicted molar refractivity (Wildman–Crippen MR) is 81.0 cm³/mol. The van der Waals surface area contributed by atoms with Crippen LogP contribution >= 0.6 is 0 Å². The van der Waals surface area contributed by atoms with Gasteiger partial charge in [0.25, 0.3) is 0 Å². The molecular weight excluding hydrogens is 268 g/mol. The van der Waals surface area contributed by atoms with E-state index in [1.165, 1.54) is 5.56 Å². The van der Waals surface area contributed by atoms with Crippen LogP contribution in [-0.2, 0) is 20.9 Å². The summed E-state index contributed by atoms with van der Waals surface area (Å²) < 4.78 is 11.0. The normalized spacial score (nSPS) is 18.4. The quantitative estimate of drug-likeness (QED) is 0.704. The number of amides is 1. The summed E-state index contributed by atoms with van der Waals surface area (Å²) >= 11 is 0. The fraction of sp³-hybridized carbons (Fsp3) is 0.562. The van der Waals surface area contributed by atoms with Gasteiger partial charge in [-0.15, -0.1) is 0 Å². The maximum Gasteiger partial charge on any atom is 0.250 e. The minimum absolute atomic E-state index is 0.0209. The van der Waals surface area contributed by atoms with Gasteiger partial charge in [-0.1, -0.05) is 30.3 Å². The number of hydrogen-bond acceptors (Lipinski definition) is 4. The molecule has 116 valence electrons. The Hall–Kier alpha value is -1.43. The number of unbranched alkanes of at least 4 members (excludes halogenated alkanes) is 1. The van der Waals surface area contributed by atoms with Crippen molar-refractivity contribution >= 4 is 5.91 Å². The van der Waals surface area contributed by atoms with Gasteiger partial charge in [0.05, 0.1) is 13.2 Å². The third-order valence-electron chi connectivity index (χ3n) is 3.35. The largest absolute Gasteiger partial charge is 0.377 e. The van der Waals surface area contributed by atoms with E-state index >= 15 is 0 Å². The van der Waals surface area contributed by atoms with Gasteiger partial charge in [0, 0.05) is 26.2 Å². The summed E-state index contributed by atoms with van der Waals surface area (Å²) in [6.07, 6.45) is 1.52. The lowest BCUT2D eigenvalue weighted by Crippen LogP contribution is -2.48. The van der Waals surface area contributed by atoms with Gasteiger partial charge >= 0.3 is 0 Å². The van der Waals surface area contributed by atoms with E-state index in [1.807, 2.05) is 18.2 Å². The van der Waals surface area contributed by atoms with Crippen LogP contribution in [0.4, 0.5) is 0 Å².